The standard InChI is InChI=1S/C19H23N3O2/c1-19(2,14-20)17-12-15(11-16(13-17)18(23)24)5-4-6-22-9-7-21(3)8-10-22/h11-13H,6-10H2,1-3H3,(H,23,24). The van der Waals surface area contributed by atoms with Crippen LogP contribution in [0.1, 0.15) is 35.3 Å². The summed E-state index contributed by atoms with van der Waals surface area (Å²) in [6.45, 7) is 8.28. The second kappa shape index (κ2) is 7.49. The van der Waals surface area contributed by atoms with Gasteiger partial charge in [-0.2, -0.15) is 5.26 Å². The highest BCUT2D eigenvalue weighted by Gasteiger charge is 2.22. The summed E-state index contributed by atoms with van der Waals surface area (Å²) in [5, 5.41) is 18.6. The molecule has 0 spiro atoms. The largest absolute Gasteiger partial charge is 0.478 e. The summed E-state index contributed by atoms with van der Waals surface area (Å²) in [6.07, 6.45) is 0. The van der Waals surface area contributed by atoms with Crippen LogP contribution in [0.4, 0.5) is 0 Å². The number of carboxylic acids is 1. The average molecular weight is 325 g/mol. The second-order valence-electron chi connectivity index (χ2n) is 6.72. The van der Waals surface area contributed by atoms with Gasteiger partial charge in [-0.05, 0) is 44.7 Å². The summed E-state index contributed by atoms with van der Waals surface area (Å²) in [7, 11) is 2.11. The number of carbonyl (C=O) groups is 1. The number of rotatable bonds is 3. The lowest BCUT2D eigenvalue weighted by atomic mass is 9.84. The molecule has 0 aromatic heterocycles. The number of piperazine rings is 1. The number of hydrogen-bond acceptors (Lipinski definition) is 4. The Morgan fingerprint density at radius 2 is 1.92 bits per heavy atom. The Bertz CT molecular complexity index is 714. The zero-order valence-electron chi connectivity index (χ0n) is 14.5. The number of nitrogens with zero attached hydrogens (tertiary/aromatic N) is 3. The van der Waals surface area contributed by atoms with Crippen LogP contribution in [0.25, 0.3) is 0 Å². The summed E-state index contributed by atoms with van der Waals surface area (Å²) >= 11 is 0. The van der Waals surface area contributed by atoms with E-state index in [1.807, 2.05) is 6.07 Å². The molecule has 0 atom stereocenters. The lowest BCUT2D eigenvalue weighted by Crippen LogP contribution is -2.44. The second-order valence-corrected chi connectivity index (χ2v) is 6.72. The van der Waals surface area contributed by atoms with Gasteiger partial charge in [0.1, 0.15) is 0 Å². The van der Waals surface area contributed by atoms with Crippen molar-refractivity contribution in [1.29, 1.82) is 5.26 Å². The molecule has 0 radical (unpaired) electrons. The van der Waals surface area contributed by atoms with E-state index in [9.17, 15) is 15.2 Å². The van der Waals surface area contributed by atoms with E-state index in [-0.39, 0.29) is 5.56 Å². The molecule has 1 aromatic rings. The first kappa shape index (κ1) is 18.0. The van der Waals surface area contributed by atoms with E-state index in [0.717, 1.165) is 26.2 Å². The molecule has 24 heavy (non-hydrogen) atoms. The molecule has 0 unspecified atom stereocenters. The zero-order chi connectivity index (χ0) is 17.7. The molecular formula is C19H23N3O2. The Labute approximate surface area is 143 Å². The lowest BCUT2D eigenvalue weighted by molar-refractivity contribution is 0.0696. The Balaban J connectivity index is 2.20. The summed E-state index contributed by atoms with van der Waals surface area (Å²) in [5.41, 5.74) is 0.732. The first-order chi connectivity index (χ1) is 11.3. The maximum absolute atomic E-state index is 11.3. The van der Waals surface area contributed by atoms with Gasteiger partial charge in [0.15, 0.2) is 0 Å². The maximum atomic E-state index is 11.3. The molecule has 5 heteroatoms. The van der Waals surface area contributed by atoms with Gasteiger partial charge in [0, 0.05) is 31.7 Å². The van der Waals surface area contributed by atoms with E-state index in [1.54, 1.807) is 26.0 Å². The summed E-state index contributed by atoms with van der Waals surface area (Å²) in [4.78, 5) is 15.9. The molecule has 0 amide bonds. The van der Waals surface area contributed by atoms with Gasteiger partial charge in [0.25, 0.3) is 0 Å². The van der Waals surface area contributed by atoms with Crippen LogP contribution < -0.4 is 0 Å². The maximum Gasteiger partial charge on any atom is 0.335 e. The van der Waals surface area contributed by atoms with Crippen LogP contribution in [-0.4, -0.2) is 60.6 Å². The molecule has 1 aromatic carbocycles. The van der Waals surface area contributed by atoms with Gasteiger partial charge in [-0.1, -0.05) is 11.8 Å². The monoisotopic (exact) mass is 325 g/mol. The van der Waals surface area contributed by atoms with Crippen molar-refractivity contribution in [2.45, 2.75) is 19.3 Å². The van der Waals surface area contributed by atoms with Crippen LogP contribution in [0.3, 0.4) is 0 Å². The van der Waals surface area contributed by atoms with Crippen LogP contribution in [0.15, 0.2) is 18.2 Å². The first-order valence-corrected chi connectivity index (χ1v) is 8.02. The van der Waals surface area contributed by atoms with Crippen molar-refractivity contribution in [3.05, 3.63) is 34.9 Å². The number of benzene rings is 1. The fraction of sp³-hybridized carbons (Fsp3) is 0.474. The van der Waals surface area contributed by atoms with Crippen molar-refractivity contribution in [2.75, 3.05) is 39.8 Å². The SMILES string of the molecule is CN1CCN(CC#Cc2cc(C(=O)O)cc(C(C)(C)C#N)c2)CC1. The van der Waals surface area contributed by atoms with E-state index in [4.69, 9.17) is 0 Å². The van der Waals surface area contributed by atoms with Crippen molar-refractivity contribution in [2.24, 2.45) is 0 Å². The molecule has 126 valence electrons. The van der Waals surface area contributed by atoms with Crippen LogP contribution in [0, 0.1) is 23.2 Å². The van der Waals surface area contributed by atoms with Gasteiger partial charge in [-0.3, -0.25) is 4.90 Å². The van der Waals surface area contributed by atoms with Gasteiger partial charge in [0.05, 0.1) is 23.6 Å². The highest BCUT2D eigenvalue weighted by atomic mass is 16.4. The molecule has 1 heterocycles. The molecule has 2 rings (SSSR count). The number of hydrogen-bond donors (Lipinski definition) is 1. The third-order valence-electron chi connectivity index (χ3n) is 4.31. The molecule has 1 N–H and O–H groups in total. The van der Waals surface area contributed by atoms with Crippen LogP contribution in [-0.2, 0) is 5.41 Å². The van der Waals surface area contributed by atoms with Gasteiger partial charge >= 0.3 is 5.97 Å². The molecule has 0 saturated carbocycles. The Hall–Kier alpha value is -2.34. The smallest absolute Gasteiger partial charge is 0.335 e. The number of nitriles is 1. The molecule has 5 nitrogen and oxygen atoms in total. The van der Waals surface area contributed by atoms with E-state index in [1.165, 1.54) is 0 Å². The minimum Gasteiger partial charge on any atom is -0.478 e. The van der Waals surface area contributed by atoms with Gasteiger partial charge in [0.2, 0.25) is 0 Å². The first-order valence-electron chi connectivity index (χ1n) is 8.02. The van der Waals surface area contributed by atoms with Crippen molar-refractivity contribution in [3.63, 3.8) is 0 Å². The van der Waals surface area contributed by atoms with Crippen LogP contribution in [0.5, 0.6) is 0 Å². The van der Waals surface area contributed by atoms with Crippen molar-refractivity contribution in [3.8, 4) is 17.9 Å². The molecule has 1 fully saturated rings. The van der Waals surface area contributed by atoms with Crippen molar-refractivity contribution >= 4 is 5.97 Å². The Kier molecular flexibility index (Phi) is 5.62. The van der Waals surface area contributed by atoms with Crippen molar-refractivity contribution in [1.82, 2.24) is 9.80 Å². The van der Waals surface area contributed by atoms with Crippen LogP contribution in [0.2, 0.25) is 0 Å². The molecule has 0 bridgehead atoms. The summed E-state index contributed by atoms with van der Waals surface area (Å²) in [6, 6.07) is 7.14. The van der Waals surface area contributed by atoms with Crippen LogP contribution >= 0.6 is 0 Å². The van der Waals surface area contributed by atoms with E-state index in [0.29, 0.717) is 17.7 Å². The topological polar surface area (TPSA) is 67.6 Å². The highest BCUT2D eigenvalue weighted by molar-refractivity contribution is 5.88. The lowest BCUT2D eigenvalue weighted by Gasteiger charge is -2.30. The molecule has 1 saturated heterocycles. The Morgan fingerprint density at radius 1 is 1.25 bits per heavy atom. The fourth-order valence-corrected chi connectivity index (χ4v) is 2.51. The minimum absolute atomic E-state index is 0.166. The zero-order valence-corrected chi connectivity index (χ0v) is 14.5. The molecule has 1 aliphatic heterocycles. The van der Waals surface area contributed by atoms with Crippen molar-refractivity contribution < 1.29 is 9.90 Å². The minimum atomic E-state index is -1.01. The summed E-state index contributed by atoms with van der Waals surface area (Å²) in [5.74, 6) is 5.18. The fourth-order valence-electron chi connectivity index (χ4n) is 2.51. The van der Waals surface area contributed by atoms with Gasteiger partial charge in [-0.15, -0.1) is 0 Å². The van der Waals surface area contributed by atoms with E-state index < -0.39 is 11.4 Å². The molecular weight excluding hydrogens is 302 g/mol. The third kappa shape index (κ3) is 4.58. The predicted molar refractivity (Wildman–Crippen MR) is 92.9 cm³/mol. The number of carboxylic acid groups (broad SMARTS) is 1. The van der Waals surface area contributed by atoms with Gasteiger partial charge in [-0.25, -0.2) is 4.79 Å². The van der Waals surface area contributed by atoms with E-state index >= 15 is 0 Å². The third-order valence-corrected chi connectivity index (χ3v) is 4.31. The van der Waals surface area contributed by atoms with E-state index in [2.05, 4.69) is 34.8 Å². The predicted octanol–water partition coefficient (Wildman–Crippen LogP) is 1.78. The Morgan fingerprint density at radius 3 is 2.50 bits per heavy atom. The molecule has 0 aliphatic carbocycles. The quantitative estimate of drug-likeness (QED) is 0.858. The normalized spacial score (nSPS) is 16.1. The summed E-state index contributed by atoms with van der Waals surface area (Å²) < 4.78 is 0. The molecule has 1 aliphatic rings. The van der Waals surface area contributed by atoms with Gasteiger partial charge < -0.3 is 10.0 Å². The highest BCUT2D eigenvalue weighted by Crippen LogP contribution is 2.24. The number of likely N-dealkylation sites (N-methyl/N-ethyl adjacent to an activating group) is 1. The average Bonchev–Trinajstić information content (AvgIpc) is 2.56. The number of aromatic carboxylic acids is 1.